The molecule has 1 fully saturated rings. The fraction of sp³-hybridized carbons (Fsp3) is 0.231. The van der Waals surface area contributed by atoms with Crippen molar-refractivity contribution in [3.8, 4) is 0 Å². The predicted molar refractivity (Wildman–Crippen MR) is 124 cm³/mol. The number of piperidine rings is 1. The maximum atomic E-state index is 12.4. The highest BCUT2D eigenvalue weighted by Crippen LogP contribution is 2.43. The summed E-state index contributed by atoms with van der Waals surface area (Å²) in [6, 6.07) is 21.0. The molecule has 5 rings (SSSR count). The summed E-state index contributed by atoms with van der Waals surface area (Å²) < 4.78 is 0. The first-order valence-electron chi connectivity index (χ1n) is 10.9. The van der Waals surface area contributed by atoms with Crippen molar-refractivity contribution in [3.63, 3.8) is 0 Å². The molecule has 0 atom stereocenters. The molecule has 1 aromatic heterocycles. The second-order valence-corrected chi connectivity index (χ2v) is 8.31. The van der Waals surface area contributed by atoms with E-state index in [4.69, 9.17) is 0 Å². The van der Waals surface area contributed by atoms with Gasteiger partial charge in [-0.1, -0.05) is 66.7 Å². The van der Waals surface area contributed by atoms with Crippen LogP contribution in [0.5, 0.6) is 0 Å². The maximum Gasteiger partial charge on any atom is 0.272 e. The summed E-state index contributed by atoms with van der Waals surface area (Å²) in [5.74, 6) is 0.221. The van der Waals surface area contributed by atoms with E-state index in [0.29, 0.717) is 5.56 Å². The normalized spacial score (nSPS) is 16.1. The fourth-order valence-corrected chi connectivity index (χ4v) is 4.60. The zero-order chi connectivity index (χ0) is 22.0. The second kappa shape index (κ2) is 8.38. The molecule has 6 heteroatoms. The van der Waals surface area contributed by atoms with Gasteiger partial charge >= 0.3 is 0 Å². The molecule has 1 amide bonds. The molecule has 2 aromatic carbocycles. The Morgan fingerprint density at radius 2 is 1.66 bits per heavy atom. The first-order valence-corrected chi connectivity index (χ1v) is 10.9. The average Bonchev–Trinajstić information content (AvgIpc) is 3.21. The molecule has 0 radical (unpaired) electrons. The van der Waals surface area contributed by atoms with Gasteiger partial charge in [-0.15, -0.1) is 10.2 Å². The van der Waals surface area contributed by atoms with E-state index in [0.717, 1.165) is 31.7 Å². The smallest absolute Gasteiger partial charge is 0.272 e. The third kappa shape index (κ3) is 3.80. The number of hydrogen-bond donors (Lipinski definition) is 1. The van der Waals surface area contributed by atoms with Gasteiger partial charge in [-0.2, -0.15) is 0 Å². The number of anilines is 1. The van der Waals surface area contributed by atoms with E-state index in [1.807, 2.05) is 12.1 Å². The molecule has 2 heterocycles. The number of ketones is 1. The molecule has 2 aliphatic rings. The summed E-state index contributed by atoms with van der Waals surface area (Å²) in [5.41, 5.74) is 3.63. The van der Waals surface area contributed by atoms with Gasteiger partial charge in [0.05, 0.1) is 6.54 Å². The summed E-state index contributed by atoms with van der Waals surface area (Å²) in [6.07, 6.45) is 6.63. The van der Waals surface area contributed by atoms with E-state index >= 15 is 0 Å². The summed E-state index contributed by atoms with van der Waals surface area (Å²) in [7, 11) is 0. The zero-order valence-electron chi connectivity index (χ0n) is 17.7. The van der Waals surface area contributed by atoms with Crippen LogP contribution in [0.4, 0.5) is 5.82 Å². The van der Waals surface area contributed by atoms with Crippen molar-refractivity contribution in [2.75, 3.05) is 24.5 Å². The first kappa shape index (κ1) is 20.1. The van der Waals surface area contributed by atoms with E-state index in [1.54, 1.807) is 30.3 Å². The van der Waals surface area contributed by atoms with E-state index in [1.165, 1.54) is 11.1 Å². The Balaban J connectivity index is 1.18. The van der Waals surface area contributed by atoms with Gasteiger partial charge in [-0.05, 0) is 36.1 Å². The molecule has 6 nitrogen and oxygen atoms in total. The SMILES string of the molecule is O=C(CNC(=O)c1ccc(N2CCC3(C=Cc4ccccc43)CC2)nn1)c1ccccc1. The molecule has 1 spiro atoms. The molecule has 1 saturated heterocycles. The van der Waals surface area contributed by atoms with Gasteiger partial charge in [0.15, 0.2) is 17.3 Å². The average molecular weight is 425 g/mol. The lowest BCUT2D eigenvalue weighted by Gasteiger charge is -2.39. The number of carbonyl (C=O) groups excluding carboxylic acids is 2. The minimum absolute atomic E-state index is 0.0739. The van der Waals surface area contributed by atoms with Crippen LogP contribution in [0.1, 0.15) is 44.8 Å². The van der Waals surface area contributed by atoms with Crippen LogP contribution in [0.2, 0.25) is 0 Å². The van der Waals surface area contributed by atoms with Gasteiger partial charge in [0.1, 0.15) is 0 Å². The molecular formula is C26H24N4O2. The van der Waals surface area contributed by atoms with Crippen molar-refractivity contribution >= 4 is 23.6 Å². The third-order valence-electron chi connectivity index (χ3n) is 6.45. The van der Waals surface area contributed by atoms with Gasteiger partial charge in [-0.3, -0.25) is 9.59 Å². The Labute approximate surface area is 187 Å². The highest BCUT2D eigenvalue weighted by molar-refractivity contribution is 6.01. The Morgan fingerprint density at radius 1 is 0.906 bits per heavy atom. The molecule has 0 unspecified atom stereocenters. The Morgan fingerprint density at radius 3 is 2.41 bits per heavy atom. The second-order valence-electron chi connectivity index (χ2n) is 8.31. The van der Waals surface area contributed by atoms with E-state index < -0.39 is 5.91 Å². The molecule has 1 aliphatic carbocycles. The van der Waals surface area contributed by atoms with Crippen LogP contribution in [0.15, 0.2) is 72.8 Å². The molecule has 0 saturated carbocycles. The number of carbonyl (C=O) groups is 2. The maximum absolute atomic E-state index is 12.4. The summed E-state index contributed by atoms with van der Waals surface area (Å²) in [6.45, 7) is 1.68. The number of fused-ring (bicyclic) bond motifs is 2. The molecule has 160 valence electrons. The van der Waals surface area contributed by atoms with Gasteiger partial charge in [-0.25, -0.2) is 0 Å². The number of aromatic nitrogens is 2. The van der Waals surface area contributed by atoms with Crippen LogP contribution in [-0.2, 0) is 5.41 Å². The summed E-state index contributed by atoms with van der Waals surface area (Å²) in [5, 5.41) is 11.0. The van der Waals surface area contributed by atoms with Crippen LogP contribution in [0.3, 0.4) is 0 Å². The quantitative estimate of drug-likeness (QED) is 0.633. The number of amides is 1. The van der Waals surface area contributed by atoms with Crippen LogP contribution in [0, 0.1) is 0 Å². The van der Waals surface area contributed by atoms with Crippen LogP contribution < -0.4 is 10.2 Å². The van der Waals surface area contributed by atoms with Crippen molar-refractivity contribution in [2.45, 2.75) is 18.3 Å². The van der Waals surface area contributed by atoms with E-state index in [-0.39, 0.29) is 23.4 Å². The van der Waals surface area contributed by atoms with Gasteiger partial charge in [0.25, 0.3) is 5.91 Å². The number of nitrogens with zero attached hydrogens (tertiary/aromatic N) is 3. The highest BCUT2D eigenvalue weighted by Gasteiger charge is 2.38. The Bertz CT molecular complexity index is 1160. The number of nitrogens with one attached hydrogen (secondary N) is 1. The molecule has 3 aromatic rings. The number of hydrogen-bond acceptors (Lipinski definition) is 5. The van der Waals surface area contributed by atoms with E-state index in [9.17, 15) is 9.59 Å². The predicted octanol–water partition coefficient (Wildman–Crippen LogP) is 3.65. The van der Waals surface area contributed by atoms with Crippen LogP contribution in [0.25, 0.3) is 6.08 Å². The van der Waals surface area contributed by atoms with Crippen molar-refractivity contribution < 1.29 is 9.59 Å². The third-order valence-corrected chi connectivity index (χ3v) is 6.45. The lowest BCUT2D eigenvalue weighted by atomic mass is 9.74. The topological polar surface area (TPSA) is 75.2 Å². The minimum atomic E-state index is -0.404. The molecule has 0 bridgehead atoms. The fourth-order valence-electron chi connectivity index (χ4n) is 4.60. The molecular weight excluding hydrogens is 400 g/mol. The van der Waals surface area contributed by atoms with Crippen molar-refractivity contribution in [3.05, 3.63) is 95.2 Å². The van der Waals surface area contributed by atoms with Gasteiger partial charge < -0.3 is 10.2 Å². The lowest BCUT2D eigenvalue weighted by Crippen LogP contribution is -2.41. The monoisotopic (exact) mass is 424 g/mol. The van der Waals surface area contributed by atoms with Crippen LogP contribution >= 0.6 is 0 Å². The Kier molecular flexibility index (Phi) is 5.27. The van der Waals surface area contributed by atoms with Crippen molar-refractivity contribution in [1.82, 2.24) is 15.5 Å². The lowest BCUT2D eigenvalue weighted by molar-refractivity contribution is 0.0900. The largest absolute Gasteiger partial charge is 0.355 e. The zero-order valence-corrected chi connectivity index (χ0v) is 17.7. The van der Waals surface area contributed by atoms with Gasteiger partial charge in [0.2, 0.25) is 0 Å². The number of allylic oxidation sites excluding steroid dienone is 1. The molecule has 32 heavy (non-hydrogen) atoms. The molecule has 1 N–H and O–H groups in total. The van der Waals surface area contributed by atoms with Crippen molar-refractivity contribution in [1.29, 1.82) is 0 Å². The molecule has 1 aliphatic heterocycles. The number of rotatable bonds is 5. The van der Waals surface area contributed by atoms with E-state index in [2.05, 4.69) is 56.8 Å². The first-order chi connectivity index (χ1) is 15.6. The minimum Gasteiger partial charge on any atom is -0.355 e. The van der Waals surface area contributed by atoms with Crippen LogP contribution in [-0.4, -0.2) is 41.5 Å². The highest BCUT2D eigenvalue weighted by atomic mass is 16.2. The Hall–Kier alpha value is -3.80. The summed E-state index contributed by atoms with van der Waals surface area (Å²) in [4.78, 5) is 26.7. The number of benzene rings is 2. The van der Waals surface area contributed by atoms with Gasteiger partial charge in [0, 0.05) is 24.1 Å². The standard InChI is InChI=1S/C26H24N4O2/c31-23(20-7-2-1-3-8-20)18-27-25(32)22-10-11-24(29-28-22)30-16-14-26(15-17-30)13-12-19-6-4-5-9-21(19)26/h1-13H,14-18H2,(H,27,32). The van der Waals surface area contributed by atoms with Crippen molar-refractivity contribution in [2.24, 2.45) is 0 Å². The summed E-state index contributed by atoms with van der Waals surface area (Å²) >= 11 is 0. The number of Topliss-reactive ketones (excluding diaryl/α,β-unsaturated/α-hetero) is 1.